The Morgan fingerprint density at radius 2 is 1.69 bits per heavy atom. The molecule has 0 spiro atoms. The summed E-state index contributed by atoms with van der Waals surface area (Å²) in [5.41, 5.74) is 4.80. The first-order chi connectivity index (χ1) is 14.9. The molecule has 1 saturated heterocycles. The van der Waals surface area contributed by atoms with Crippen LogP contribution in [-0.2, 0) is 11.2 Å². The Hall–Kier alpha value is -2.37. The zero-order chi connectivity index (χ0) is 22.4. The van der Waals surface area contributed by atoms with Crippen LogP contribution in [0.2, 0.25) is 0 Å². The Bertz CT molecular complexity index is 909. The highest BCUT2D eigenvalue weighted by atomic mass is 35.5. The molecule has 0 bridgehead atoms. The van der Waals surface area contributed by atoms with Gasteiger partial charge in [-0.1, -0.05) is 37.3 Å². The van der Waals surface area contributed by atoms with E-state index in [0.717, 1.165) is 61.3 Å². The normalized spacial score (nSPS) is 14.2. The SMILES string of the molecule is CCC(=O)Nc1ccc(C(=O)N2CCC(N(C)CCc3ccccc3)CC2)c(C)c1C.Cl. The minimum absolute atomic E-state index is 0. The van der Waals surface area contributed by atoms with Gasteiger partial charge in [0.2, 0.25) is 5.91 Å². The smallest absolute Gasteiger partial charge is 0.254 e. The molecule has 2 aromatic carbocycles. The maximum atomic E-state index is 13.2. The topological polar surface area (TPSA) is 52.7 Å². The van der Waals surface area contributed by atoms with Crippen LogP contribution in [0.15, 0.2) is 42.5 Å². The Morgan fingerprint density at radius 1 is 1.03 bits per heavy atom. The van der Waals surface area contributed by atoms with E-state index in [0.29, 0.717) is 12.5 Å². The molecule has 0 aliphatic carbocycles. The van der Waals surface area contributed by atoms with Crippen molar-refractivity contribution in [3.05, 3.63) is 64.7 Å². The Kier molecular flexibility index (Phi) is 9.73. The van der Waals surface area contributed by atoms with Crippen LogP contribution >= 0.6 is 12.4 Å². The van der Waals surface area contributed by atoms with Crippen LogP contribution in [0.4, 0.5) is 5.69 Å². The zero-order valence-corrected chi connectivity index (χ0v) is 20.5. The number of carbonyl (C=O) groups is 2. The molecule has 1 aliphatic heterocycles. The summed E-state index contributed by atoms with van der Waals surface area (Å²) in [6.07, 6.45) is 3.49. The van der Waals surface area contributed by atoms with Gasteiger partial charge in [-0.3, -0.25) is 9.59 Å². The van der Waals surface area contributed by atoms with E-state index in [1.54, 1.807) is 0 Å². The lowest BCUT2D eigenvalue weighted by Crippen LogP contribution is -2.46. The second-order valence-electron chi connectivity index (χ2n) is 8.55. The summed E-state index contributed by atoms with van der Waals surface area (Å²) in [6.45, 7) is 8.36. The summed E-state index contributed by atoms with van der Waals surface area (Å²) in [5.74, 6) is 0.0828. The predicted molar refractivity (Wildman–Crippen MR) is 134 cm³/mol. The molecule has 3 rings (SSSR count). The molecule has 2 aromatic rings. The van der Waals surface area contributed by atoms with Gasteiger partial charge in [-0.15, -0.1) is 12.4 Å². The highest BCUT2D eigenvalue weighted by molar-refractivity contribution is 5.98. The van der Waals surface area contributed by atoms with Crippen molar-refractivity contribution in [3.8, 4) is 0 Å². The summed E-state index contributed by atoms with van der Waals surface area (Å²) in [6, 6.07) is 14.8. The van der Waals surface area contributed by atoms with E-state index in [9.17, 15) is 9.59 Å². The molecule has 2 amide bonds. The Morgan fingerprint density at radius 3 is 2.31 bits per heavy atom. The van der Waals surface area contributed by atoms with Crippen LogP contribution in [0.25, 0.3) is 0 Å². The molecule has 0 saturated carbocycles. The maximum Gasteiger partial charge on any atom is 0.254 e. The van der Waals surface area contributed by atoms with Crippen LogP contribution in [0.1, 0.15) is 53.2 Å². The number of carbonyl (C=O) groups excluding carboxylic acids is 2. The van der Waals surface area contributed by atoms with E-state index in [1.807, 2.05) is 37.8 Å². The van der Waals surface area contributed by atoms with Gasteiger partial charge in [-0.05, 0) is 69.0 Å². The number of likely N-dealkylation sites (N-methyl/N-ethyl adjacent to an activating group) is 1. The molecule has 1 fully saturated rings. The monoisotopic (exact) mass is 457 g/mol. The van der Waals surface area contributed by atoms with Gasteiger partial charge in [0, 0.05) is 43.3 Å². The highest BCUT2D eigenvalue weighted by Crippen LogP contribution is 2.25. The summed E-state index contributed by atoms with van der Waals surface area (Å²) in [4.78, 5) is 29.3. The van der Waals surface area contributed by atoms with Crippen molar-refractivity contribution in [2.45, 2.75) is 52.5 Å². The third-order valence-electron chi connectivity index (χ3n) is 6.58. The molecule has 0 atom stereocenters. The lowest BCUT2D eigenvalue weighted by atomic mass is 9.98. The van der Waals surface area contributed by atoms with Crippen LogP contribution in [-0.4, -0.2) is 54.3 Å². The van der Waals surface area contributed by atoms with Gasteiger partial charge in [0.15, 0.2) is 0 Å². The molecular formula is C26H36ClN3O2. The van der Waals surface area contributed by atoms with Crippen LogP contribution in [0, 0.1) is 13.8 Å². The molecule has 0 radical (unpaired) electrons. The number of benzene rings is 2. The number of likely N-dealkylation sites (tertiary alicyclic amines) is 1. The number of hydrogen-bond donors (Lipinski definition) is 1. The average Bonchev–Trinajstić information content (AvgIpc) is 2.81. The van der Waals surface area contributed by atoms with E-state index in [-0.39, 0.29) is 24.2 Å². The number of hydrogen-bond acceptors (Lipinski definition) is 3. The number of anilines is 1. The fraction of sp³-hybridized carbons (Fsp3) is 0.462. The average molecular weight is 458 g/mol. The van der Waals surface area contributed by atoms with Crippen molar-refractivity contribution in [2.24, 2.45) is 0 Å². The summed E-state index contributed by atoms with van der Waals surface area (Å²) in [7, 11) is 2.20. The van der Waals surface area contributed by atoms with E-state index in [2.05, 4.69) is 47.6 Å². The maximum absolute atomic E-state index is 13.2. The van der Waals surface area contributed by atoms with Gasteiger partial charge in [0.1, 0.15) is 0 Å². The second-order valence-corrected chi connectivity index (χ2v) is 8.55. The molecule has 1 heterocycles. The number of halogens is 1. The van der Waals surface area contributed by atoms with Gasteiger partial charge < -0.3 is 15.1 Å². The van der Waals surface area contributed by atoms with E-state index in [1.165, 1.54) is 5.56 Å². The van der Waals surface area contributed by atoms with Gasteiger partial charge in [-0.2, -0.15) is 0 Å². The van der Waals surface area contributed by atoms with Crippen LogP contribution < -0.4 is 5.32 Å². The van der Waals surface area contributed by atoms with Crippen LogP contribution in [0.5, 0.6) is 0 Å². The van der Waals surface area contributed by atoms with Crippen molar-refractivity contribution < 1.29 is 9.59 Å². The molecule has 174 valence electrons. The number of nitrogens with one attached hydrogen (secondary N) is 1. The molecule has 32 heavy (non-hydrogen) atoms. The minimum Gasteiger partial charge on any atom is -0.339 e. The van der Waals surface area contributed by atoms with Gasteiger partial charge in [0.25, 0.3) is 5.91 Å². The largest absolute Gasteiger partial charge is 0.339 e. The summed E-state index contributed by atoms with van der Waals surface area (Å²) in [5, 5.41) is 2.92. The molecule has 5 nitrogen and oxygen atoms in total. The van der Waals surface area contributed by atoms with Gasteiger partial charge >= 0.3 is 0 Å². The van der Waals surface area contributed by atoms with E-state index >= 15 is 0 Å². The van der Waals surface area contributed by atoms with E-state index < -0.39 is 0 Å². The van der Waals surface area contributed by atoms with Crippen molar-refractivity contribution in [1.29, 1.82) is 0 Å². The Labute approximate surface area is 198 Å². The minimum atomic E-state index is -0.0139. The quantitative estimate of drug-likeness (QED) is 0.646. The van der Waals surface area contributed by atoms with Gasteiger partial charge in [0.05, 0.1) is 0 Å². The Balaban J connectivity index is 0.00000363. The molecule has 1 aliphatic rings. The number of nitrogens with zero attached hydrogens (tertiary/aromatic N) is 2. The standard InChI is InChI=1S/C26H35N3O2.ClH/c1-5-25(30)27-24-12-11-23(19(2)20(24)3)26(31)29-17-14-22(15-18-29)28(4)16-13-21-9-7-6-8-10-21;/h6-12,22H,5,13-18H2,1-4H3,(H,27,30);1H. The van der Waals surface area contributed by atoms with Crippen molar-refractivity contribution >= 4 is 29.9 Å². The van der Waals surface area contributed by atoms with Crippen molar-refractivity contribution in [3.63, 3.8) is 0 Å². The van der Waals surface area contributed by atoms with Crippen molar-refractivity contribution in [1.82, 2.24) is 9.80 Å². The predicted octanol–water partition coefficient (Wildman–Crippen LogP) is 4.85. The fourth-order valence-electron chi connectivity index (χ4n) is 4.24. The fourth-order valence-corrected chi connectivity index (χ4v) is 4.24. The van der Waals surface area contributed by atoms with Gasteiger partial charge in [-0.25, -0.2) is 0 Å². The first-order valence-electron chi connectivity index (χ1n) is 11.3. The first-order valence-corrected chi connectivity index (χ1v) is 11.3. The second kappa shape index (κ2) is 12.0. The van der Waals surface area contributed by atoms with Crippen molar-refractivity contribution in [2.75, 3.05) is 32.0 Å². The number of amides is 2. The first kappa shape index (κ1) is 25.9. The number of rotatable bonds is 7. The summed E-state index contributed by atoms with van der Waals surface area (Å²) >= 11 is 0. The molecule has 1 N–H and O–H groups in total. The summed E-state index contributed by atoms with van der Waals surface area (Å²) < 4.78 is 0. The zero-order valence-electron chi connectivity index (χ0n) is 19.7. The van der Waals surface area contributed by atoms with E-state index in [4.69, 9.17) is 0 Å². The molecular weight excluding hydrogens is 422 g/mol. The highest BCUT2D eigenvalue weighted by Gasteiger charge is 2.27. The third-order valence-corrected chi connectivity index (χ3v) is 6.58. The lowest BCUT2D eigenvalue weighted by Gasteiger charge is -2.37. The lowest BCUT2D eigenvalue weighted by molar-refractivity contribution is -0.115. The molecule has 0 unspecified atom stereocenters. The molecule has 6 heteroatoms. The number of piperidine rings is 1. The van der Waals surface area contributed by atoms with Crippen LogP contribution in [0.3, 0.4) is 0 Å². The molecule has 0 aromatic heterocycles. The third kappa shape index (κ3) is 6.33.